The van der Waals surface area contributed by atoms with Gasteiger partial charge in [0, 0.05) is 6.07 Å². The first kappa shape index (κ1) is 17.6. The van der Waals surface area contributed by atoms with Crippen molar-refractivity contribution in [2.75, 3.05) is 13.4 Å². The lowest BCUT2D eigenvalue weighted by Crippen LogP contribution is -2.50. The molecule has 27 heavy (non-hydrogen) atoms. The van der Waals surface area contributed by atoms with Crippen molar-refractivity contribution in [2.24, 2.45) is 5.92 Å². The Morgan fingerprint density at radius 1 is 1.33 bits per heavy atom. The molecule has 1 aliphatic carbocycles. The highest BCUT2D eigenvalue weighted by Crippen LogP contribution is 2.40. The Balaban J connectivity index is 1.71. The zero-order valence-corrected chi connectivity index (χ0v) is 15.5. The molecule has 0 atom stereocenters. The Kier molecular flexibility index (Phi) is 4.59. The molecule has 144 valence electrons. The highest BCUT2D eigenvalue weighted by atomic mass is 16.7. The monoisotopic (exact) mass is 373 g/mol. The van der Waals surface area contributed by atoms with Crippen LogP contribution in [0.2, 0.25) is 0 Å². The Hall–Kier alpha value is -2.84. The summed E-state index contributed by atoms with van der Waals surface area (Å²) >= 11 is 0. The number of tetrazole rings is 1. The number of amides is 1. The third kappa shape index (κ3) is 3.29. The fraction of sp³-hybridized carbons (Fsp3) is 0.556. The van der Waals surface area contributed by atoms with Crippen molar-refractivity contribution in [2.45, 2.75) is 45.1 Å². The molecule has 1 aromatic heterocycles. The van der Waals surface area contributed by atoms with Crippen molar-refractivity contribution in [3.63, 3.8) is 0 Å². The number of aromatic nitrogens is 4. The van der Waals surface area contributed by atoms with Crippen molar-refractivity contribution in [1.82, 2.24) is 25.5 Å². The molecular formula is C18H23N5O4. The minimum atomic E-state index is -0.668. The summed E-state index contributed by atoms with van der Waals surface area (Å²) in [6.45, 7) is 4.51. The van der Waals surface area contributed by atoms with Gasteiger partial charge in [0.25, 0.3) is 0 Å². The molecule has 2 heterocycles. The molecule has 1 aliphatic heterocycles. The number of benzene rings is 1. The molecule has 9 heteroatoms. The molecular weight excluding hydrogens is 350 g/mol. The number of alkyl carbamates (subject to hydrolysis) is 1. The third-order valence-electron chi connectivity index (χ3n) is 5.24. The van der Waals surface area contributed by atoms with Gasteiger partial charge in [0.2, 0.25) is 6.79 Å². The van der Waals surface area contributed by atoms with E-state index in [0.29, 0.717) is 29.8 Å². The Morgan fingerprint density at radius 2 is 2.11 bits per heavy atom. The van der Waals surface area contributed by atoms with Crippen molar-refractivity contribution in [1.29, 1.82) is 0 Å². The second kappa shape index (κ2) is 7.05. The summed E-state index contributed by atoms with van der Waals surface area (Å²) in [4.78, 5) is 12.2. The normalized spacial score (nSPS) is 23.9. The van der Waals surface area contributed by atoms with Gasteiger partial charge in [0.15, 0.2) is 17.3 Å². The van der Waals surface area contributed by atoms with E-state index in [0.717, 1.165) is 31.4 Å². The minimum absolute atomic E-state index is 0.202. The van der Waals surface area contributed by atoms with E-state index in [2.05, 4.69) is 27.8 Å². The number of nitrogens with one attached hydrogen (secondary N) is 1. The Morgan fingerprint density at radius 3 is 2.89 bits per heavy atom. The van der Waals surface area contributed by atoms with Gasteiger partial charge in [0.05, 0.1) is 12.3 Å². The molecule has 0 spiro atoms. The molecule has 1 amide bonds. The molecule has 4 rings (SSSR count). The zero-order chi connectivity index (χ0) is 18.9. The van der Waals surface area contributed by atoms with Crippen LogP contribution in [0.1, 0.15) is 45.4 Å². The molecule has 2 aromatic rings. The highest BCUT2D eigenvalue weighted by molar-refractivity contribution is 5.68. The predicted octanol–water partition coefficient (Wildman–Crippen LogP) is 2.54. The fourth-order valence-electron chi connectivity index (χ4n) is 3.70. The maximum atomic E-state index is 12.2. The summed E-state index contributed by atoms with van der Waals surface area (Å²) in [6, 6.07) is 5.54. The largest absolute Gasteiger partial charge is 0.454 e. The van der Waals surface area contributed by atoms with E-state index < -0.39 is 11.6 Å². The lowest BCUT2D eigenvalue weighted by Gasteiger charge is -2.38. The molecule has 1 fully saturated rings. The number of nitrogens with zero attached hydrogens (tertiary/aromatic N) is 4. The number of fused-ring (bicyclic) bond motifs is 1. The van der Waals surface area contributed by atoms with Crippen LogP contribution in [0.4, 0.5) is 4.79 Å². The molecule has 2 aliphatic rings. The van der Waals surface area contributed by atoms with Gasteiger partial charge in [-0.1, -0.05) is 6.92 Å². The lowest BCUT2D eigenvalue weighted by molar-refractivity contribution is 0.117. The summed E-state index contributed by atoms with van der Waals surface area (Å²) in [5, 5.41) is 15.4. The van der Waals surface area contributed by atoms with Crippen LogP contribution in [-0.2, 0) is 10.3 Å². The van der Waals surface area contributed by atoms with Gasteiger partial charge >= 0.3 is 6.09 Å². The van der Waals surface area contributed by atoms with E-state index in [9.17, 15) is 4.79 Å². The van der Waals surface area contributed by atoms with E-state index in [4.69, 9.17) is 14.2 Å². The van der Waals surface area contributed by atoms with Crippen LogP contribution >= 0.6 is 0 Å². The molecule has 0 unspecified atom stereocenters. The van der Waals surface area contributed by atoms with Gasteiger partial charge in [-0.25, -0.2) is 4.79 Å². The summed E-state index contributed by atoms with van der Waals surface area (Å²) in [5.74, 6) is 2.54. The maximum Gasteiger partial charge on any atom is 0.407 e. The summed E-state index contributed by atoms with van der Waals surface area (Å²) in [6.07, 6.45) is 2.99. The number of carbonyl (C=O) groups is 1. The van der Waals surface area contributed by atoms with E-state index in [1.165, 1.54) is 0 Å². The van der Waals surface area contributed by atoms with Gasteiger partial charge in [0.1, 0.15) is 5.54 Å². The first-order valence-electron chi connectivity index (χ1n) is 9.25. The van der Waals surface area contributed by atoms with Crippen molar-refractivity contribution < 1.29 is 19.0 Å². The van der Waals surface area contributed by atoms with Crippen LogP contribution < -0.4 is 14.8 Å². The van der Waals surface area contributed by atoms with Crippen molar-refractivity contribution in [3.8, 4) is 17.2 Å². The fourth-order valence-corrected chi connectivity index (χ4v) is 3.70. The number of carbonyl (C=O) groups excluding carboxylic acids is 1. The van der Waals surface area contributed by atoms with Gasteiger partial charge < -0.3 is 19.5 Å². The molecule has 1 saturated carbocycles. The van der Waals surface area contributed by atoms with Crippen LogP contribution in [0.25, 0.3) is 5.69 Å². The van der Waals surface area contributed by atoms with Gasteiger partial charge in [-0.2, -0.15) is 4.68 Å². The first-order valence-corrected chi connectivity index (χ1v) is 9.25. The first-order chi connectivity index (χ1) is 13.1. The lowest BCUT2D eigenvalue weighted by atomic mass is 9.76. The van der Waals surface area contributed by atoms with E-state index >= 15 is 0 Å². The van der Waals surface area contributed by atoms with Crippen LogP contribution in [0.3, 0.4) is 0 Å². The molecule has 1 aromatic carbocycles. The minimum Gasteiger partial charge on any atom is -0.454 e. The van der Waals surface area contributed by atoms with Gasteiger partial charge in [-0.3, -0.25) is 0 Å². The standard InChI is InChI=1S/C18H23N5O4/c1-3-25-17(24)19-18(8-6-12(2)7-9-18)16-20-21-22-23(16)13-4-5-14-15(10-13)27-11-26-14/h4-5,10,12H,3,6-9,11H2,1-2H3,(H,19,24). The van der Waals surface area contributed by atoms with E-state index in [1.54, 1.807) is 11.6 Å². The molecule has 1 N–H and O–H groups in total. The number of hydrogen-bond donors (Lipinski definition) is 1. The van der Waals surface area contributed by atoms with Crippen LogP contribution in [0.15, 0.2) is 18.2 Å². The van der Waals surface area contributed by atoms with Gasteiger partial charge in [-0.05, 0) is 61.1 Å². The summed E-state index contributed by atoms with van der Waals surface area (Å²) in [5.41, 5.74) is 0.0847. The van der Waals surface area contributed by atoms with Crippen molar-refractivity contribution >= 4 is 6.09 Å². The topological polar surface area (TPSA) is 100 Å². The number of ether oxygens (including phenoxy) is 3. The molecule has 0 radical (unpaired) electrons. The zero-order valence-electron chi connectivity index (χ0n) is 15.5. The van der Waals surface area contributed by atoms with Gasteiger partial charge in [-0.15, -0.1) is 5.10 Å². The van der Waals surface area contributed by atoms with E-state index in [-0.39, 0.29) is 6.79 Å². The second-order valence-electron chi connectivity index (χ2n) is 7.06. The summed E-state index contributed by atoms with van der Waals surface area (Å²) in [7, 11) is 0. The predicted molar refractivity (Wildman–Crippen MR) is 94.7 cm³/mol. The third-order valence-corrected chi connectivity index (χ3v) is 5.24. The Bertz CT molecular complexity index is 829. The summed E-state index contributed by atoms with van der Waals surface area (Å²) < 4.78 is 17.6. The quantitative estimate of drug-likeness (QED) is 0.879. The number of rotatable bonds is 4. The van der Waals surface area contributed by atoms with Crippen LogP contribution in [0, 0.1) is 5.92 Å². The average molecular weight is 373 g/mol. The van der Waals surface area contributed by atoms with Crippen LogP contribution in [0.5, 0.6) is 11.5 Å². The molecule has 0 bridgehead atoms. The second-order valence-corrected chi connectivity index (χ2v) is 7.06. The smallest absolute Gasteiger partial charge is 0.407 e. The van der Waals surface area contributed by atoms with Crippen molar-refractivity contribution in [3.05, 3.63) is 24.0 Å². The molecule has 9 nitrogen and oxygen atoms in total. The number of hydrogen-bond acceptors (Lipinski definition) is 7. The van der Waals surface area contributed by atoms with Crippen LogP contribution in [-0.4, -0.2) is 39.7 Å². The average Bonchev–Trinajstić information content (AvgIpc) is 3.32. The van der Waals surface area contributed by atoms with E-state index in [1.807, 2.05) is 18.2 Å². The Labute approximate surface area is 157 Å². The molecule has 0 saturated heterocycles. The SMILES string of the molecule is CCOC(=O)NC1(c2nnnn2-c2ccc3c(c2)OCO3)CCC(C)CC1. The maximum absolute atomic E-state index is 12.2. The highest BCUT2D eigenvalue weighted by Gasteiger charge is 2.42.